The van der Waals surface area contributed by atoms with Gasteiger partial charge in [-0.15, -0.1) is 10.2 Å². The van der Waals surface area contributed by atoms with Crippen LogP contribution in [0.5, 0.6) is 0 Å². The molecule has 3 rings (SSSR count). The minimum Gasteiger partial charge on any atom is -0.301 e. The Bertz CT molecular complexity index is 540. The lowest BCUT2D eigenvalue weighted by atomic mass is 9.95. The van der Waals surface area contributed by atoms with Crippen LogP contribution in [-0.4, -0.2) is 38.6 Å². The summed E-state index contributed by atoms with van der Waals surface area (Å²) in [6, 6.07) is 6.79. The average Bonchev–Trinajstić information content (AvgIpc) is 2.90. The summed E-state index contributed by atoms with van der Waals surface area (Å²) in [6.07, 6.45) is 5.70. The zero-order valence-electron chi connectivity index (χ0n) is 11.8. The summed E-state index contributed by atoms with van der Waals surface area (Å²) in [7, 11) is 0. The zero-order chi connectivity index (χ0) is 13.2. The Kier molecular flexibility index (Phi) is 3.51. The maximum atomic E-state index is 4.40. The standard InChI is InChI=1S/C15H22N4/c1-3-12(2)18-10-7-13(8-11-18)15-17-16-14-6-4-5-9-19(14)15/h4-6,9,12-13H,3,7-8,10-11H2,1-2H3. The monoisotopic (exact) mass is 258 g/mol. The summed E-state index contributed by atoms with van der Waals surface area (Å²) < 4.78 is 2.14. The van der Waals surface area contributed by atoms with Crippen LogP contribution in [0.3, 0.4) is 0 Å². The molecule has 1 aliphatic heterocycles. The van der Waals surface area contributed by atoms with Crippen LogP contribution in [0.2, 0.25) is 0 Å². The number of nitrogens with zero attached hydrogens (tertiary/aromatic N) is 4. The molecule has 0 N–H and O–H groups in total. The molecule has 1 unspecified atom stereocenters. The van der Waals surface area contributed by atoms with Gasteiger partial charge in [0.15, 0.2) is 5.65 Å². The highest BCUT2D eigenvalue weighted by atomic mass is 15.3. The van der Waals surface area contributed by atoms with Gasteiger partial charge in [-0.25, -0.2) is 0 Å². The third-order valence-electron chi connectivity index (χ3n) is 4.45. The molecule has 0 radical (unpaired) electrons. The van der Waals surface area contributed by atoms with Gasteiger partial charge in [-0.05, 0) is 51.4 Å². The SMILES string of the molecule is CCC(C)N1CCC(c2nnc3ccccn23)CC1. The van der Waals surface area contributed by atoms with E-state index in [0.29, 0.717) is 12.0 Å². The van der Waals surface area contributed by atoms with Crippen LogP contribution in [0.25, 0.3) is 5.65 Å². The van der Waals surface area contributed by atoms with Gasteiger partial charge in [0, 0.05) is 18.2 Å². The molecule has 2 aromatic rings. The minimum absolute atomic E-state index is 0.553. The van der Waals surface area contributed by atoms with Gasteiger partial charge in [-0.2, -0.15) is 0 Å². The normalized spacial score (nSPS) is 19.9. The number of rotatable bonds is 3. The van der Waals surface area contributed by atoms with Crippen molar-refractivity contribution in [3.05, 3.63) is 30.2 Å². The van der Waals surface area contributed by atoms with E-state index in [4.69, 9.17) is 0 Å². The van der Waals surface area contributed by atoms with Crippen LogP contribution in [-0.2, 0) is 0 Å². The molecular weight excluding hydrogens is 236 g/mol. The Morgan fingerprint density at radius 1 is 1.26 bits per heavy atom. The third-order valence-corrected chi connectivity index (χ3v) is 4.45. The Labute approximate surface area is 114 Å². The predicted octanol–water partition coefficient (Wildman–Crippen LogP) is 2.71. The first kappa shape index (κ1) is 12.6. The van der Waals surface area contributed by atoms with Gasteiger partial charge in [0.1, 0.15) is 5.82 Å². The van der Waals surface area contributed by atoms with Crippen molar-refractivity contribution in [1.29, 1.82) is 0 Å². The third kappa shape index (κ3) is 2.37. The second-order valence-corrected chi connectivity index (χ2v) is 5.55. The summed E-state index contributed by atoms with van der Waals surface area (Å²) in [5, 5.41) is 8.67. The summed E-state index contributed by atoms with van der Waals surface area (Å²) in [4.78, 5) is 2.60. The van der Waals surface area contributed by atoms with Crippen LogP contribution in [0.4, 0.5) is 0 Å². The summed E-state index contributed by atoms with van der Waals surface area (Å²) >= 11 is 0. The van der Waals surface area contributed by atoms with Crippen LogP contribution >= 0.6 is 0 Å². The molecule has 4 nitrogen and oxygen atoms in total. The highest BCUT2D eigenvalue weighted by Crippen LogP contribution is 2.28. The number of piperidine rings is 1. The van der Waals surface area contributed by atoms with Crippen LogP contribution < -0.4 is 0 Å². The number of pyridine rings is 1. The number of hydrogen-bond acceptors (Lipinski definition) is 3. The lowest BCUT2D eigenvalue weighted by molar-refractivity contribution is 0.156. The van der Waals surface area contributed by atoms with E-state index in [1.54, 1.807) is 0 Å². The Morgan fingerprint density at radius 3 is 2.79 bits per heavy atom. The lowest BCUT2D eigenvalue weighted by Gasteiger charge is -2.35. The smallest absolute Gasteiger partial charge is 0.160 e. The fraction of sp³-hybridized carbons (Fsp3) is 0.600. The van der Waals surface area contributed by atoms with Crippen molar-refractivity contribution in [1.82, 2.24) is 19.5 Å². The van der Waals surface area contributed by atoms with Crippen molar-refractivity contribution in [3.8, 4) is 0 Å². The quantitative estimate of drug-likeness (QED) is 0.848. The Hall–Kier alpha value is -1.42. The molecule has 0 aliphatic carbocycles. The maximum Gasteiger partial charge on any atom is 0.160 e. The summed E-state index contributed by atoms with van der Waals surface area (Å²) in [6.45, 7) is 6.96. The largest absolute Gasteiger partial charge is 0.301 e. The van der Waals surface area contributed by atoms with E-state index in [2.05, 4.69) is 39.5 Å². The fourth-order valence-electron chi connectivity index (χ4n) is 2.99. The molecule has 102 valence electrons. The summed E-state index contributed by atoms with van der Waals surface area (Å²) in [5.74, 6) is 1.69. The molecule has 0 amide bonds. The number of likely N-dealkylation sites (tertiary alicyclic amines) is 1. The molecule has 1 saturated heterocycles. The van der Waals surface area contributed by atoms with Crippen molar-refractivity contribution >= 4 is 5.65 Å². The van der Waals surface area contributed by atoms with E-state index in [9.17, 15) is 0 Å². The van der Waals surface area contributed by atoms with Gasteiger partial charge in [0.05, 0.1) is 0 Å². The van der Waals surface area contributed by atoms with E-state index < -0.39 is 0 Å². The second kappa shape index (κ2) is 5.29. The van der Waals surface area contributed by atoms with E-state index in [0.717, 1.165) is 11.5 Å². The molecule has 3 heterocycles. The highest BCUT2D eigenvalue weighted by Gasteiger charge is 2.25. The Morgan fingerprint density at radius 2 is 2.05 bits per heavy atom. The van der Waals surface area contributed by atoms with Crippen LogP contribution in [0.1, 0.15) is 44.9 Å². The highest BCUT2D eigenvalue weighted by molar-refractivity contribution is 5.37. The summed E-state index contributed by atoms with van der Waals surface area (Å²) in [5.41, 5.74) is 0.960. The molecule has 2 aromatic heterocycles. The molecule has 0 aromatic carbocycles. The fourth-order valence-corrected chi connectivity index (χ4v) is 2.99. The lowest BCUT2D eigenvalue weighted by Crippen LogP contribution is -2.39. The molecule has 1 fully saturated rings. The van der Waals surface area contributed by atoms with Gasteiger partial charge in [0.25, 0.3) is 0 Å². The molecule has 4 heteroatoms. The first-order valence-electron chi connectivity index (χ1n) is 7.33. The number of fused-ring (bicyclic) bond motifs is 1. The predicted molar refractivity (Wildman–Crippen MR) is 76.3 cm³/mol. The van der Waals surface area contributed by atoms with E-state index >= 15 is 0 Å². The van der Waals surface area contributed by atoms with Gasteiger partial charge in [-0.1, -0.05) is 13.0 Å². The van der Waals surface area contributed by atoms with Gasteiger partial charge < -0.3 is 4.90 Å². The van der Waals surface area contributed by atoms with E-state index in [1.807, 2.05) is 18.2 Å². The van der Waals surface area contributed by atoms with Crippen molar-refractivity contribution in [2.75, 3.05) is 13.1 Å². The molecular formula is C15H22N4. The molecule has 1 aliphatic rings. The topological polar surface area (TPSA) is 33.4 Å². The van der Waals surface area contributed by atoms with Gasteiger partial charge in [0.2, 0.25) is 0 Å². The first-order valence-corrected chi connectivity index (χ1v) is 7.33. The first-order chi connectivity index (χ1) is 9.29. The van der Waals surface area contributed by atoms with Crippen molar-refractivity contribution in [2.45, 2.75) is 45.1 Å². The van der Waals surface area contributed by atoms with E-state index in [-0.39, 0.29) is 0 Å². The number of aromatic nitrogens is 3. The molecule has 0 saturated carbocycles. The minimum atomic E-state index is 0.553. The van der Waals surface area contributed by atoms with Gasteiger partial charge >= 0.3 is 0 Å². The van der Waals surface area contributed by atoms with Crippen molar-refractivity contribution in [2.24, 2.45) is 0 Å². The van der Waals surface area contributed by atoms with Crippen LogP contribution in [0, 0.1) is 0 Å². The Balaban J connectivity index is 1.75. The average molecular weight is 258 g/mol. The second-order valence-electron chi connectivity index (χ2n) is 5.55. The number of hydrogen-bond donors (Lipinski definition) is 0. The van der Waals surface area contributed by atoms with E-state index in [1.165, 1.54) is 32.4 Å². The molecule has 0 spiro atoms. The molecule has 0 bridgehead atoms. The van der Waals surface area contributed by atoms with Crippen LogP contribution in [0.15, 0.2) is 24.4 Å². The van der Waals surface area contributed by atoms with Gasteiger partial charge in [-0.3, -0.25) is 4.40 Å². The molecule has 1 atom stereocenters. The van der Waals surface area contributed by atoms with Crippen molar-refractivity contribution < 1.29 is 0 Å². The molecule has 19 heavy (non-hydrogen) atoms. The van der Waals surface area contributed by atoms with Crippen molar-refractivity contribution in [3.63, 3.8) is 0 Å². The maximum absolute atomic E-state index is 4.40. The zero-order valence-corrected chi connectivity index (χ0v) is 11.8.